The Balaban J connectivity index is 1.78. The maximum absolute atomic E-state index is 12.0. The van der Waals surface area contributed by atoms with Crippen LogP contribution in [0.1, 0.15) is 48.9 Å². The molecule has 0 atom stereocenters. The summed E-state index contributed by atoms with van der Waals surface area (Å²) in [4.78, 5) is 16.8. The second-order valence-electron chi connectivity index (χ2n) is 7.41. The third-order valence-corrected chi connectivity index (χ3v) is 4.53. The van der Waals surface area contributed by atoms with Crippen LogP contribution in [0.4, 0.5) is 0 Å². The number of aryl methyl sites for hydroxylation is 1. The molecule has 0 bridgehead atoms. The summed E-state index contributed by atoms with van der Waals surface area (Å²) in [6, 6.07) is 12.2. The monoisotopic (exact) mass is 384 g/mol. The normalized spacial score (nSPS) is 11.9. The van der Waals surface area contributed by atoms with Crippen LogP contribution in [-0.2, 0) is 5.41 Å². The molecule has 28 heavy (non-hydrogen) atoms. The van der Waals surface area contributed by atoms with E-state index in [1.807, 2.05) is 19.9 Å². The Kier molecular flexibility index (Phi) is 8.11. The van der Waals surface area contributed by atoms with E-state index in [0.717, 1.165) is 31.0 Å². The molecule has 1 aromatic heterocycles. The number of rotatable bonds is 9. The summed E-state index contributed by atoms with van der Waals surface area (Å²) >= 11 is 0. The Morgan fingerprint density at radius 1 is 1.07 bits per heavy atom. The van der Waals surface area contributed by atoms with Gasteiger partial charge in [0.15, 0.2) is 11.7 Å². The van der Waals surface area contributed by atoms with E-state index in [1.165, 1.54) is 11.8 Å². The molecule has 0 unspecified atom stereocenters. The average molecular weight is 385 g/mol. The van der Waals surface area contributed by atoms with E-state index in [9.17, 15) is 4.79 Å². The lowest BCUT2D eigenvalue weighted by atomic mass is 9.85. The van der Waals surface area contributed by atoms with Gasteiger partial charge in [-0.15, -0.1) is 0 Å². The van der Waals surface area contributed by atoms with Gasteiger partial charge >= 0.3 is 0 Å². The van der Waals surface area contributed by atoms with Gasteiger partial charge in [0.1, 0.15) is 0 Å². The maximum atomic E-state index is 12.0. The highest BCUT2D eigenvalue weighted by Crippen LogP contribution is 2.22. The molecule has 2 rings (SSSR count). The molecule has 2 aromatic rings. The van der Waals surface area contributed by atoms with Gasteiger partial charge in [0.05, 0.1) is 12.8 Å². The van der Waals surface area contributed by atoms with Crippen molar-refractivity contribution in [2.24, 2.45) is 4.99 Å². The van der Waals surface area contributed by atoms with Gasteiger partial charge in [-0.2, -0.15) is 0 Å². The number of hydrogen-bond acceptors (Lipinski definition) is 3. The zero-order valence-corrected chi connectivity index (χ0v) is 17.3. The van der Waals surface area contributed by atoms with Gasteiger partial charge in [-0.3, -0.25) is 9.79 Å². The summed E-state index contributed by atoms with van der Waals surface area (Å²) in [5, 5.41) is 9.48. The van der Waals surface area contributed by atoms with E-state index in [2.05, 4.69) is 54.1 Å². The van der Waals surface area contributed by atoms with Crippen LogP contribution >= 0.6 is 0 Å². The Bertz CT molecular complexity index is 766. The standard InChI is InChI=1S/C22H32N4O2/c1-5-23-21(26-16-22(3,4)18-10-7-6-8-11-18)25-14-9-13-24-20(27)19-17(2)12-15-28-19/h6-8,10-12,15H,5,9,13-14,16H2,1-4H3,(H,24,27)(H2,23,25,26). The van der Waals surface area contributed by atoms with Crippen molar-refractivity contribution in [3.63, 3.8) is 0 Å². The number of aliphatic imine (C=N–C) groups is 1. The smallest absolute Gasteiger partial charge is 0.287 e. The largest absolute Gasteiger partial charge is 0.459 e. The second-order valence-corrected chi connectivity index (χ2v) is 7.41. The molecule has 0 saturated heterocycles. The first kappa shape index (κ1) is 21.5. The number of nitrogens with one attached hydrogen (secondary N) is 3. The number of hydrogen-bond donors (Lipinski definition) is 3. The van der Waals surface area contributed by atoms with Crippen LogP contribution < -0.4 is 16.0 Å². The fourth-order valence-electron chi connectivity index (χ4n) is 2.78. The third-order valence-electron chi connectivity index (χ3n) is 4.53. The lowest BCUT2D eigenvalue weighted by Gasteiger charge is -2.24. The average Bonchev–Trinajstić information content (AvgIpc) is 3.12. The highest BCUT2D eigenvalue weighted by Gasteiger charge is 2.20. The van der Waals surface area contributed by atoms with Gasteiger partial charge in [-0.25, -0.2) is 0 Å². The molecule has 0 radical (unpaired) electrons. The van der Waals surface area contributed by atoms with Crippen molar-refractivity contribution in [3.05, 3.63) is 59.5 Å². The SMILES string of the molecule is CCNC(=NCC(C)(C)c1ccccc1)NCCCNC(=O)c1occc1C. The Morgan fingerprint density at radius 2 is 1.79 bits per heavy atom. The molecule has 0 aliphatic rings. The number of nitrogens with zero attached hydrogens (tertiary/aromatic N) is 1. The number of benzene rings is 1. The first-order chi connectivity index (χ1) is 13.4. The summed E-state index contributed by atoms with van der Waals surface area (Å²) in [7, 11) is 0. The van der Waals surface area contributed by atoms with E-state index in [-0.39, 0.29) is 11.3 Å². The molecule has 6 nitrogen and oxygen atoms in total. The molecule has 0 spiro atoms. The van der Waals surface area contributed by atoms with Crippen LogP contribution in [0.5, 0.6) is 0 Å². The van der Waals surface area contributed by atoms with Crippen molar-refractivity contribution < 1.29 is 9.21 Å². The first-order valence-corrected chi connectivity index (χ1v) is 9.84. The van der Waals surface area contributed by atoms with Crippen molar-refractivity contribution in [1.82, 2.24) is 16.0 Å². The van der Waals surface area contributed by atoms with Crippen LogP contribution in [0.2, 0.25) is 0 Å². The van der Waals surface area contributed by atoms with Crippen molar-refractivity contribution in [2.75, 3.05) is 26.2 Å². The Hall–Kier alpha value is -2.76. The lowest BCUT2D eigenvalue weighted by Crippen LogP contribution is -2.39. The number of guanidine groups is 1. The Morgan fingerprint density at radius 3 is 2.43 bits per heavy atom. The summed E-state index contributed by atoms with van der Waals surface area (Å²) in [5.74, 6) is 0.999. The predicted octanol–water partition coefficient (Wildman–Crippen LogP) is 3.24. The van der Waals surface area contributed by atoms with Gasteiger partial charge in [0.25, 0.3) is 5.91 Å². The maximum Gasteiger partial charge on any atom is 0.287 e. The van der Waals surface area contributed by atoms with Crippen LogP contribution in [0.25, 0.3) is 0 Å². The Labute approximate surface area is 167 Å². The molecule has 1 heterocycles. The minimum atomic E-state index is -0.173. The summed E-state index contributed by atoms with van der Waals surface area (Å²) in [6.45, 7) is 11.1. The molecule has 1 aromatic carbocycles. The molecule has 0 saturated carbocycles. The molecule has 0 aliphatic carbocycles. The number of carbonyl (C=O) groups excluding carboxylic acids is 1. The number of amides is 1. The van der Waals surface area contributed by atoms with Gasteiger partial charge in [0.2, 0.25) is 0 Å². The first-order valence-electron chi connectivity index (χ1n) is 9.84. The van der Waals surface area contributed by atoms with Crippen molar-refractivity contribution >= 4 is 11.9 Å². The summed E-state index contributed by atoms with van der Waals surface area (Å²) < 4.78 is 5.20. The molecule has 3 N–H and O–H groups in total. The van der Waals surface area contributed by atoms with Crippen molar-refractivity contribution in [1.29, 1.82) is 0 Å². The topological polar surface area (TPSA) is 78.7 Å². The van der Waals surface area contributed by atoms with Crippen LogP contribution in [0.15, 0.2) is 52.1 Å². The highest BCUT2D eigenvalue weighted by molar-refractivity contribution is 5.92. The van der Waals surface area contributed by atoms with E-state index in [0.29, 0.717) is 18.8 Å². The highest BCUT2D eigenvalue weighted by atomic mass is 16.3. The molecule has 152 valence electrons. The van der Waals surface area contributed by atoms with Crippen LogP contribution in [-0.4, -0.2) is 38.0 Å². The van der Waals surface area contributed by atoms with Crippen molar-refractivity contribution in [3.8, 4) is 0 Å². The summed E-state index contributed by atoms with van der Waals surface area (Å²) in [5.41, 5.74) is 2.07. The summed E-state index contributed by atoms with van der Waals surface area (Å²) in [6.07, 6.45) is 2.32. The fourth-order valence-corrected chi connectivity index (χ4v) is 2.78. The van der Waals surface area contributed by atoms with Crippen molar-refractivity contribution in [2.45, 2.75) is 39.5 Å². The van der Waals surface area contributed by atoms with E-state index < -0.39 is 0 Å². The second kappa shape index (κ2) is 10.5. The van der Waals surface area contributed by atoms with E-state index >= 15 is 0 Å². The van der Waals surface area contributed by atoms with Gasteiger partial charge in [-0.1, -0.05) is 44.2 Å². The fraction of sp³-hybridized carbons (Fsp3) is 0.455. The van der Waals surface area contributed by atoms with Gasteiger partial charge in [0, 0.05) is 30.6 Å². The van der Waals surface area contributed by atoms with Crippen LogP contribution in [0.3, 0.4) is 0 Å². The molecular formula is C22H32N4O2. The third kappa shape index (κ3) is 6.44. The number of carbonyl (C=O) groups is 1. The quantitative estimate of drug-likeness (QED) is 0.352. The molecule has 6 heteroatoms. The van der Waals surface area contributed by atoms with Gasteiger partial charge in [-0.05, 0) is 31.9 Å². The zero-order chi connectivity index (χ0) is 20.4. The molecule has 0 fully saturated rings. The van der Waals surface area contributed by atoms with Gasteiger partial charge < -0.3 is 20.4 Å². The molecular weight excluding hydrogens is 352 g/mol. The van der Waals surface area contributed by atoms with E-state index in [1.54, 1.807) is 6.07 Å². The lowest BCUT2D eigenvalue weighted by molar-refractivity contribution is 0.0925. The zero-order valence-electron chi connectivity index (χ0n) is 17.3. The van der Waals surface area contributed by atoms with E-state index in [4.69, 9.17) is 9.41 Å². The molecule has 0 aliphatic heterocycles. The minimum absolute atomic E-state index is 0.0432. The molecule has 1 amide bonds. The number of furan rings is 1. The minimum Gasteiger partial charge on any atom is -0.459 e. The van der Waals surface area contributed by atoms with Crippen LogP contribution in [0, 0.1) is 6.92 Å². The predicted molar refractivity (Wildman–Crippen MR) is 114 cm³/mol.